The van der Waals surface area contributed by atoms with Crippen LogP contribution in [0, 0.1) is 0 Å². The fraction of sp³-hybridized carbons (Fsp3) is 0.364. The van der Waals surface area contributed by atoms with Gasteiger partial charge >= 0.3 is 0 Å². The Labute approximate surface area is 89.7 Å². The van der Waals surface area contributed by atoms with Crippen LogP contribution in [0.1, 0.15) is 17.9 Å². The lowest BCUT2D eigenvalue weighted by molar-refractivity contribution is 0.514. The van der Waals surface area contributed by atoms with Crippen LogP contribution in [0.2, 0.25) is 0 Å². The topological polar surface area (TPSA) is 29.3 Å². The molecule has 2 nitrogen and oxygen atoms in total. The summed E-state index contributed by atoms with van der Waals surface area (Å²) in [7, 11) is 0. The number of thiocarbonyl (C=S) groups is 1. The Hall–Kier alpha value is -1.09. The molecule has 1 atom stereocenters. The number of benzene rings is 1. The molecule has 3 heteroatoms. The standard InChI is InChI=1S/C11H14N2S/c12-11(14)13-7-6-10(8-13)9-4-2-1-3-5-9/h1-5,10H,6-8H2,(H2,12,14)/t10-/m1/s1. The van der Waals surface area contributed by atoms with Crippen LogP contribution < -0.4 is 5.73 Å². The van der Waals surface area contributed by atoms with E-state index in [1.807, 2.05) is 6.07 Å². The van der Waals surface area contributed by atoms with Crippen LogP contribution in [0.15, 0.2) is 30.3 Å². The van der Waals surface area contributed by atoms with Crippen molar-refractivity contribution in [2.24, 2.45) is 5.73 Å². The molecule has 0 bridgehead atoms. The summed E-state index contributed by atoms with van der Waals surface area (Å²) in [4.78, 5) is 2.08. The Morgan fingerprint density at radius 3 is 2.64 bits per heavy atom. The fourth-order valence-electron chi connectivity index (χ4n) is 1.96. The lowest BCUT2D eigenvalue weighted by Crippen LogP contribution is -2.33. The zero-order valence-electron chi connectivity index (χ0n) is 8.02. The van der Waals surface area contributed by atoms with E-state index in [9.17, 15) is 0 Å². The smallest absolute Gasteiger partial charge is 0.166 e. The minimum atomic E-state index is 0.531. The first-order valence-corrected chi connectivity index (χ1v) is 5.27. The molecule has 0 unspecified atom stereocenters. The summed E-state index contributed by atoms with van der Waals surface area (Å²) in [5, 5.41) is 0.531. The Bertz CT molecular complexity index is 323. The van der Waals surface area contributed by atoms with Crippen molar-refractivity contribution in [3.8, 4) is 0 Å². The van der Waals surface area contributed by atoms with E-state index in [1.54, 1.807) is 0 Å². The third-order valence-corrected chi connectivity index (χ3v) is 3.03. The molecule has 0 aliphatic carbocycles. The van der Waals surface area contributed by atoms with Crippen LogP contribution in [0.4, 0.5) is 0 Å². The SMILES string of the molecule is NC(=S)N1CC[C@@H](c2ccccc2)C1. The minimum absolute atomic E-state index is 0.531. The number of hydrogen-bond acceptors (Lipinski definition) is 1. The van der Waals surface area contributed by atoms with Crippen molar-refractivity contribution in [2.75, 3.05) is 13.1 Å². The summed E-state index contributed by atoms with van der Waals surface area (Å²) in [6.07, 6.45) is 1.15. The number of nitrogens with two attached hydrogens (primary N) is 1. The van der Waals surface area contributed by atoms with Crippen LogP contribution in [-0.2, 0) is 0 Å². The molecule has 1 saturated heterocycles. The van der Waals surface area contributed by atoms with Gasteiger partial charge in [0.1, 0.15) is 0 Å². The number of hydrogen-bond donors (Lipinski definition) is 1. The summed E-state index contributed by atoms with van der Waals surface area (Å²) in [6, 6.07) is 10.6. The lowest BCUT2D eigenvalue weighted by Gasteiger charge is -2.15. The monoisotopic (exact) mass is 206 g/mol. The highest BCUT2D eigenvalue weighted by Gasteiger charge is 2.23. The molecule has 1 aliphatic heterocycles. The Morgan fingerprint density at radius 2 is 2.07 bits per heavy atom. The molecule has 0 amide bonds. The van der Waals surface area contributed by atoms with E-state index >= 15 is 0 Å². The van der Waals surface area contributed by atoms with E-state index in [0.29, 0.717) is 11.0 Å². The average Bonchev–Trinajstić information content (AvgIpc) is 2.68. The summed E-state index contributed by atoms with van der Waals surface area (Å²) in [6.45, 7) is 1.97. The molecular formula is C11H14N2S. The minimum Gasteiger partial charge on any atom is -0.376 e. The van der Waals surface area contributed by atoms with Crippen molar-refractivity contribution in [2.45, 2.75) is 12.3 Å². The maximum atomic E-state index is 5.60. The molecule has 0 saturated carbocycles. The molecule has 74 valence electrons. The van der Waals surface area contributed by atoms with Gasteiger partial charge in [-0.15, -0.1) is 0 Å². The van der Waals surface area contributed by atoms with E-state index in [2.05, 4.69) is 29.2 Å². The molecule has 1 heterocycles. The van der Waals surface area contributed by atoms with Crippen LogP contribution in [-0.4, -0.2) is 23.1 Å². The van der Waals surface area contributed by atoms with Crippen LogP contribution >= 0.6 is 12.2 Å². The van der Waals surface area contributed by atoms with Gasteiger partial charge in [-0.1, -0.05) is 30.3 Å². The van der Waals surface area contributed by atoms with Crippen molar-refractivity contribution < 1.29 is 0 Å². The highest BCUT2D eigenvalue weighted by atomic mass is 32.1. The van der Waals surface area contributed by atoms with Gasteiger partial charge in [0.05, 0.1) is 0 Å². The van der Waals surface area contributed by atoms with Gasteiger partial charge in [0.25, 0.3) is 0 Å². The molecule has 1 fully saturated rings. The van der Waals surface area contributed by atoms with Crippen molar-refractivity contribution in [1.82, 2.24) is 4.90 Å². The molecule has 0 radical (unpaired) electrons. The third kappa shape index (κ3) is 1.87. The quantitative estimate of drug-likeness (QED) is 0.709. The molecule has 1 aromatic rings. The number of rotatable bonds is 1. The van der Waals surface area contributed by atoms with Crippen molar-refractivity contribution in [1.29, 1.82) is 0 Å². The molecule has 14 heavy (non-hydrogen) atoms. The van der Waals surface area contributed by atoms with Crippen LogP contribution in [0.3, 0.4) is 0 Å². The Balaban J connectivity index is 2.06. The zero-order valence-corrected chi connectivity index (χ0v) is 8.83. The van der Waals surface area contributed by atoms with Gasteiger partial charge in [-0.3, -0.25) is 0 Å². The maximum absolute atomic E-state index is 5.60. The molecule has 0 aromatic heterocycles. The fourth-order valence-corrected chi connectivity index (χ4v) is 2.12. The first kappa shape index (κ1) is 9.46. The van der Waals surface area contributed by atoms with E-state index in [4.69, 9.17) is 18.0 Å². The number of likely N-dealkylation sites (tertiary alicyclic amines) is 1. The zero-order chi connectivity index (χ0) is 9.97. The summed E-state index contributed by atoms with van der Waals surface area (Å²) >= 11 is 4.96. The largest absolute Gasteiger partial charge is 0.376 e. The maximum Gasteiger partial charge on any atom is 0.166 e. The second-order valence-corrected chi connectivity index (χ2v) is 4.10. The van der Waals surface area contributed by atoms with Gasteiger partial charge in [0, 0.05) is 19.0 Å². The van der Waals surface area contributed by atoms with Crippen molar-refractivity contribution in [3.05, 3.63) is 35.9 Å². The number of nitrogens with zero attached hydrogens (tertiary/aromatic N) is 1. The Morgan fingerprint density at radius 1 is 1.36 bits per heavy atom. The van der Waals surface area contributed by atoms with Crippen molar-refractivity contribution in [3.63, 3.8) is 0 Å². The van der Waals surface area contributed by atoms with Gasteiger partial charge in [-0.2, -0.15) is 0 Å². The molecule has 0 spiro atoms. The van der Waals surface area contributed by atoms with Gasteiger partial charge in [-0.25, -0.2) is 0 Å². The van der Waals surface area contributed by atoms with E-state index in [0.717, 1.165) is 19.5 Å². The van der Waals surface area contributed by atoms with Gasteiger partial charge in [0.15, 0.2) is 5.11 Å². The van der Waals surface area contributed by atoms with Gasteiger partial charge < -0.3 is 10.6 Å². The van der Waals surface area contributed by atoms with Crippen LogP contribution in [0.5, 0.6) is 0 Å². The molecule has 1 aromatic carbocycles. The Kier molecular flexibility index (Phi) is 2.68. The average molecular weight is 206 g/mol. The first-order chi connectivity index (χ1) is 6.77. The highest BCUT2D eigenvalue weighted by Crippen LogP contribution is 2.26. The van der Waals surface area contributed by atoms with Crippen molar-refractivity contribution >= 4 is 17.3 Å². The molecule has 1 aliphatic rings. The molecule has 2 rings (SSSR count). The highest BCUT2D eigenvalue weighted by molar-refractivity contribution is 7.80. The predicted molar refractivity (Wildman–Crippen MR) is 62.2 cm³/mol. The summed E-state index contributed by atoms with van der Waals surface area (Å²) in [5.41, 5.74) is 6.99. The summed E-state index contributed by atoms with van der Waals surface area (Å²) in [5.74, 6) is 0.595. The molecular weight excluding hydrogens is 192 g/mol. The van der Waals surface area contributed by atoms with Gasteiger partial charge in [-0.05, 0) is 24.2 Å². The normalized spacial score (nSPS) is 21.1. The lowest BCUT2D eigenvalue weighted by atomic mass is 9.99. The molecule has 2 N–H and O–H groups in total. The van der Waals surface area contributed by atoms with Gasteiger partial charge in [0.2, 0.25) is 0 Å². The summed E-state index contributed by atoms with van der Waals surface area (Å²) < 4.78 is 0. The van der Waals surface area contributed by atoms with E-state index in [-0.39, 0.29) is 0 Å². The first-order valence-electron chi connectivity index (χ1n) is 4.86. The second kappa shape index (κ2) is 3.96. The van der Waals surface area contributed by atoms with E-state index in [1.165, 1.54) is 5.56 Å². The van der Waals surface area contributed by atoms with Crippen LogP contribution in [0.25, 0.3) is 0 Å². The van der Waals surface area contributed by atoms with E-state index < -0.39 is 0 Å². The predicted octanol–water partition coefficient (Wildman–Crippen LogP) is 1.72. The third-order valence-electron chi connectivity index (χ3n) is 2.77. The second-order valence-electron chi connectivity index (χ2n) is 3.68.